The highest BCUT2D eigenvalue weighted by Crippen LogP contribution is 2.42. The lowest BCUT2D eigenvalue weighted by Crippen LogP contribution is -2.40. The standard InChI is InChI=1S/C27H30F6N6O2/c1-15(2)41-25(40)38-8-4-7-22(21-11-17-5-3-6-18(17)12-23(21)38)39(24(36-34)37-35)14-16-9-19(26(28,29)30)13-20(10-16)27(31,32)33/h9-13,15,22,34H,3-8,14,35H2,1-2H3/p+1. The largest absolute Gasteiger partial charge is 0.446 e. The van der Waals surface area contributed by atoms with Gasteiger partial charge in [-0.2, -0.15) is 26.3 Å². The molecule has 4 rings (SSSR count). The summed E-state index contributed by atoms with van der Waals surface area (Å²) in [5.74, 6) is 5.28. The summed E-state index contributed by atoms with van der Waals surface area (Å²) < 4.78 is 87.0. The van der Waals surface area contributed by atoms with Gasteiger partial charge in [-0.15, -0.1) is 10.6 Å². The van der Waals surface area contributed by atoms with Gasteiger partial charge in [0.25, 0.3) is 0 Å². The number of rotatable bonds is 4. The number of guanidine groups is 1. The molecule has 1 atom stereocenters. The van der Waals surface area contributed by atoms with Crippen molar-refractivity contribution >= 4 is 17.7 Å². The number of hydrazone groups is 1. The lowest BCUT2D eigenvalue weighted by atomic mass is 9.95. The monoisotopic (exact) mass is 585 g/mol. The number of nitrogens with two attached hydrogens (primary N) is 2. The van der Waals surface area contributed by atoms with Crippen LogP contribution in [-0.2, 0) is 36.5 Å². The summed E-state index contributed by atoms with van der Waals surface area (Å²) in [5, 5.41) is 7.18. The summed E-state index contributed by atoms with van der Waals surface area (Å²) in [5.41, 5.74) is 5.63. The van der Waals surface area contributed by atoms with Crippen molar-refractivity contribution in [3.05, 3.63) is 63.7 Å². The third kappa shape index (κ3) is 6.57. The molecule has 2 aromatic rings. The van der Waals surface area contributed by atoms with E-state index in [9.17, 15) is 31.1 Å². The number of aryl methyl sites for hydroxylation is 2. The van der Waals surface area contributed by atoms with Gasteiger partial charge in [0.1, 0.15) is 0 Å². The molecule has 2 aliphatic rings. The van der Waals surface area contributed by atoms with Crippen LogP contribution < -0.4 is 16.3 Å². The summed E-state index contributed by atoms with van der Waals surface area (Å²) in [6.07, 6.45) is -7.71. The van der Waals surface area contributed by atoms with Crippen LogP contribution in [0.1, 0.15) is 72.5 Å². The second-order valence-electron chi connectivity index (χ2n) is 10.4. The lowest BCUT2D eigenvalue weighted by Gasteiger charge is -2.33. The van der Waals surface area contributed by atoms with Gasteiger partial charge in [-0.25, -0.2) is 4.79 Å². The summed E-state index contributed by atoms with van der Waals surface area (Å²) in [4.78, 5) is 16.0. The Morgan fingerprint density at radius 1 is 1.05 bits per heavy atom. The van der Waals surface area contributed by atoms with Gasteiger partial charge in [0.05, 0.1) is 29.0 Å². The Morgan fingerprint density at radius 3 is 2.20 bits per heavy atom. The van der Waals surface area contributed by atoms with E-state index in [1.165, 1.54) is 9.80 Å². The highest BCUT2D eigenvalue weighted by molar-refractivity contribution is 5.90. The molecule has 1 heterocycles. The molecule has 1 aliphatic heterocycles. The maximum Gasteiger partial charge on any atom is 0.416 e. The minimum absolute atomic E-state index is 0.0710. The van der Waals surface area contributed by atoms with Crippen LogP contribution in [0.5, 0.6) is 0 Å². The molecule has 14 heteroatoms. The average molecular weight is 586 g/mol. The Labute approximate surface area is 232 Å². The molecule has 1 unspecified atom stereocenters. The van der Waals surface area contributed by atoms with Gasteiger partial charge in [0.2, 0.25) is 0 Å². The Kier molecular flexibility index (Phi) is 8.50. The second kappa shape index (κ2) is 11.6. The molecular weight excluding hydrogens is 554 g/mol. The topological polar surface area (TPSA) is 109 Å². The van der Waals surface area contributed by atoms with Crippen LogP contribution >= 0.6 is 0 Å². The number of fused-ring (bicyclic) bond motifs is 2. The molecule has 4 N–H and O–H groups in total. The Bertz CT molecular complexity index is 1310. The van der Waals surface area contributed by atoms with Crippen molar-refractivity contribution in [1.82, 2.24) is 4.90 Å². The fourth-order valence-electron chi connectivity index (χ4n) is 5.44. The highest BCUT2D eigenvalue weighted by atomic mass is 19.4. The molecule has 1 aliphatic carbocycles. The van der Waals surface area contributed by atoms with E-state index in [1.54, 1.807) is 13.8 Å². The number of alkyl halides is 6. The zero-order valence-electron chi connectivity index (χ0n) is 22.5. The summed E-state index contributed by atoms with van der Waals surface area (Å²) >= 11 is 0. The van der Waals surface area contributed by atoms with E-state index in [0.717, 1.165) is 30.4 Å². The van der Waals surface area contributed by atoms with Gasteiger partial charge < -0.3 is 15.5 Å². The molecule has 0 fully saturated rings. The van der Waals surface area contributed by atoms with Crippen LogP contribution in [0.15, 0.2) is 40.5 Å². The molecule has 0 aromatic heterocycles. The predicted molar refractivity (Wildman–Crippen MR) is 137 cm³/mol. The quantitative estimate of drug-likeness (QED) is 0.126. The predicted octanol–water partition coefficient (Wildman–Crippen LogP) is 5.34. The van der Waals surface area contributed by atoms with Crippen molar-refractivity contribution in [2.45, 2.75) is 77.0 Å². The van der Waals surface area contributed by atoms with Crippen molar-refractivity contribution in [2.75, 3.05) is 11.4 Å². The fraction of sp³-hybridized carbons (Fsp3) is 0.481. The summed E-state index contributed by atoms with van der Waals surface area (Å²) in [6.45, 7) is 3.25. The van der Waals surface area contributed by atoms with E-state index in [0.29, 0.717) is 36.2 Å². The number of hydrogen-bond donors (Lipinski definition) is 2. The van der Waals surface area contributed by atoms with Gasteiger partial charge in [-0.3, -0.25) is 4.90 Å². The van der Waals surface area contributed by atoms with Crippen molar-refractivity contribution in [3.8, 4) is 0 Å². The molecule has 0 radical (unpaired) electrons. The molecule has 0 bridgehead atoms. The van der Waals surface area contributed by atoms with Crippen LogP contribution in [0.3, 0.4) is 0 Å². The number of ether oxygens (including phenoxy) is 1. The molecule has 0 saturated carbocycles. The molecule has 8 nitrogen and oxygen atoms in total. The van der Waals surface area contributed by atoms with Crippen LogP contribution in [0.2, 0.25) is 0 Å². The first kappa shape index (κ1) is 30.1. The van der Waals surface area contributed by atoms with Crippen LogP contribution in [0.25, 0.3) is 0 Å². The van der Waals surface area contributed by atoms with Gasteiger partial charge in [0, 0.05) is 18.2 Å². The van der Waals surface area contributed by atoms with Crippen LogP contribution in [0, 0.1) is 0 Å². The Balaban J connectivity index is 1.86. The third-order valence-corrected chi connectivity index (χ3v) is 7.17. The van der Waals surface area contributed by atoms with E-state index in [4.69, 9.17) is 16.1 Å². The number of anilines is 1. The SMILES string of the molecule is CC(C)OC(=O)N1CCCC(N(Cc2cc(C(F)(F)F)cc(C(F)(F)F)c2)C(N=[NH2+])=NN)c2cc3c(cc21)CCC3. The second-order valence-corrected chi connectivity index (χ2v) is 10.4. The first-order valence-electron chi connectivity index (χ1n) is 13.1. The highest BCUT2D eigenvalue weighted by Gasteiger charge is 2.39. The molecule has 1 amide bonds. The first-order valence-corrected chi connectivity index (χ1v) is 13.1. The van der Waals surface area contributed by atoms with Crippen molar-refractivity contribution in [1.29, 1.82) is 0 Å². The van der Waals surface area contributed by atoms with Crippen LogP contribution in [0.4, 0.5) is 36.8 Å². The number of amides is 1. The molecule has 41 heavy (non-hydrogen) atoms. The summed E-state index contributed by atoms with van der Waals surface area (Å²) in [6, 6.07) is 4.52. The Hall–Kier alpha value is -3.84. The van der Waals surface area contributed by atoms with Gasteiger partial charge in [0.15, 0.2) is 0 Å². The van der Waals surface area contributed by atoms with Gasteiger partial charge in [-0.05, 0) is 92.5 Å². The third-order valence-electron chi connectivity index (χ3n) is 7.17. The number of hydrogen-bond acceptors (Lipinski definition) is 4. The number of benzene rings is 2. The van der Waals surface area contributed by atoms with E-state index in [-0.39, 0.29) is 30.2 Å². The minimum Gasteiger partial charge on any atom is -0.446 e. The van der Waals surface area contributed by atoms with Crippen molar-refractivity contribution in [2.24, 2.45) is 16.1 Å². The molecule has 2 aromatic carbocycles. The molecule has 0 saturated heterocycles. The van der Waals surface area contributed by atoms with Crippen molar-refractivity contribution < 1.29 is 41.4 Å². The van der Waals surface area contributed by atoms with Gasteiger partial charge in [-0.1, -0.05) is 6.07 Å². The Morgan fingerprint density at radius 2 is 1.66 bits per heavy atom. The van der Waals surface area contributed by atoms with E-state index >= 15 is 0 Å². The molecule has 222 valence electrons. The van der Waals surface area contributed by atoms with Crippen molar-refractivity contribution in [3.63, 3.8) is 0 Å². The normalized spacial score (nSPS) is 17.6. The maximum atomic E-state index is 13.6. The average Bonchev–Trinajstić information content (AvgIpc) is 3.26. The smallest absolute Gasteiger partial charge is 0.416 e. The maximum absolute atomic E-state index is 13.6. The number of nitrogens with zero attached hydrogens (tertiary/aromatic N) is 4. The number of halogens is 6. The number of carbonyl (C=O) groups excluding carboxylic acids is 1. The van der Waals surface area contributed by atoms with Crippen LogP contribution in [-0.4, -0.2) is 29.6 Å². The fourth-order valence-corrected chi connectivity index (χ4v) is 5.44. The van der Waals surface area contributed by atoms with E-state index < -0.39 is 42.2 Å². The van der Waals surface area contributed by atoms with E-state index in [2.05, 4.69) is 10.2 Å². The zero-order chi connectivity index (χ0) is 30.1. The molecular formula is C27H31F6N6O2+. The van der Waals surface area contributed by atoms with E-state index in [1.807, 2.05) is 12.1 Å². The molecule has 0 spiro atoms. The zero-order valence-corrected chi connectivity index (χ0v) is 22.5. The van der Waals surface area contributed by atoms with Gasteiger partial charge >= 0.3 is 24.4 Å². The summed E-state index contributed by atoms with van der Waals surface area (Å²) in [7, 11) is 0. The minimum atomic E-state index is -5.02. The lowest BCUT2D eigenvalue weighted by molar-refractivity contribution is -0.209. The first-order chi connectivity index (χ1) is 19.2. The number of carbonyl (C=O) groups is 1.